The molecule has 1 atom stereocenters. The smallest absolute Gasteiger partial charge is 0.223 e. The number of halogens is 2. The molecule has 0 saturated carbocycles. The molecule has 2 aliphatic heterocycles. The molecular formula is C20H29Cl2N5O2. The number of aromatic nitrogens is 3. The first-order chi connectivity index (χ1) is 13.3. The highest BCUT2D eigenvalue weighted by Crippen LogP contribution is 2.16. The van der Waals surface area contributed by atoms with Gasteiger partial charge in [-0.15, -0.1) is 24.8 Å². The summed E-state index contributed by atoms with van der Waals surface area (Å²) in [6.45, 7) is 4.67. The van der Waals surface area contributed by atoms with Crippen LogP contribution in [0, 0.1) is 0 Å². The van der Waals surface area contributed by atoms with E-state index < -0.39 is 0 Å². The van der Waals surface area contributed by atoms with Crippen LogP contribution in [0.4, 0.5) is 0 Å². The van der Waals surface area contributed by atoms with Gasteiger partial charge in [0.2, 0.25) is 5.91 Å². The third-order valence-electron chi connectivity index (χ3n) is 5.20. The minimum Gasteiger partial charge on any atom is -0.376 e. The summed E-state index contributed by atoms with van der Waals surface area (Å²) in [7, 11) is 0. The van der Waals surface area contributed by atoms with E-state index in [0.717, 1.165) is 50.5 Å². The van der Waals surface area contributed by atoms with Crippen LogP contribution >= 0.6 is 24.8 Å². The van der Waals surface area contributed by atoms with E-state index in [1.165, 1.54) is 5.69 Å². The predicted octanol–water partition coefficient (Wildman–Crippen LogP) is 2.37. The minimum atomic E-state index is 0. The Labute approximate surface area is 184 Å². The maximum atomic E-state index is 12.9. The minimum absolute atomic E-state index is 0. The van der Waals surface area contributed by atoms with Crippen LogP contribution in [0.25, 0.3) is 0 Å². The van der Waals surface area contributed by atoms with E-state index >= 15 is 0 Å². The lowest BCUT2D eigenvalue weighted by Gasteiger charge is -2.25. The molecule has 2 aliphatic rings. The zero-order chi connectivity index (χ0) is 18.5. The molecule has 1 unspecified atom stereocenters. The fraction of sp³-hybridized carbons (Fsp3) is 0.550. The molecule has 7 nitrogen and oxygen atoms in total. The number of amides is 1. The second-order valence-corrected chi connectivity index (χ2v) is 7.26. The average Bonchev–Trinajstić information content (AvgIpc) is 3.35. The summed E-state index contributed by atoms with van der Waals surface area (Å²) in [4.78, 5) is 19.2. The monoisotopic (exact) mass is 441 g/mol. The van der Waals surface area contributed by atoms with Gasteiger partial charge in [0.05, 0.1) is 36.3 Å². The number of hydrogen-bond donors (Lipinski definition) is 1. The zero-order valence-electron chi connectivity index (χ0n) is 16.5. The first-order valence-corrected chi connectivity index (χ1v) is 9.83. The number of aryl methyl sites for hydroxylation is 1. The predicted molar refractivity (Wildman–Crippen MR) is 115 cm³/mol. The molecule has 9 heteroatoms. The maximum Gasteiger partial charge on any atom is 0.223 e. The molecule has 4 heterocycles. The van der Waals surface area contributed by atoms with E-state index in [1.807, 2.05) is 27.8 Å². The summed E-state index contributed by atoms with van der Waals surface area (Å²) in [5, 5.41) is 7.99. The molecule has 1 fully saturated rings. The van der Waals surface area contributed by atoms with Crippen molar-refractivity contribution in [2.45, 2.75) is 51.4 Å². The van der Waals surface area contributed by atoms with Crippen LogP contribution in [0.5, 0.6) is 0 Å². The molecule has 4 rings (SSSR count). The first kappa shape index (κ1) is 23.6. The fourth-order valence-corrected chi connectivity index (χ4v) is 3.74. The van der Waals surface area contributed by atoms with Crippen molar-refractivity contribution >= 4 is 30.7 Å². The highest BCUT2D eigenvalue weighted by Gasteiger charge is 2.23. The van der Waals surface area contributed by atoms with Crippen molar-refractivity contribution in [3.8, 4) is 0 Å². The van der Waals surface area contributed by atoms with Crippen molar-refractivity contribution in [3.05, 3.63) is 47.5 Å². The number of rotatable bonds is 7. The molecule has 1 amide bonds. The summed E-state index contributed by atoms with van der Waals surface area (Å²) in [5.74, 6) is 0.139. The number of ether oxygens (including phenoxy) is 1. The summed E-state index contributed by atoms with van der Waals surface area (Å²) in [6.07, 6.45) is 5.14. The molecule has 0 spiro atoms. The number of nitrogens with one attached hydrogen (secondary N) is 1. The Kier molecular flexibility index (Phi) is 9.36. The molecular weight excluding hydrogens is 413 g/mol. The Balaban J connectivity index is 0.00000150. The van der Waals surface area contributed by atoms with Crippen molar-refractivity contribution in [1.82, 2.24) is 25.0 Å². The lowest BCUT2D eigenvalue weighted by Crippen LogP contribution is -2.37. The number of nitrogens with zero attached hydrogens (tertiary/aromatic N) is 4. The van der Waals surface area contributed by atoms with Crippen molar-refractivity contribution in [2.24, 2.45) is 0 Å². The maximum absolute atomic E-state index is 12.9. The number of pyridine rings is 1. The standard InChI is InChI=1S/C20H27N5O2.2ClH/c26-20(7-6-16-12-18-13-21-9-10-25(18)23-16)24(15-19-5-3-11-27-19)14-17-4-1-2-8-22-17;;/h1-2,4,8,12,19,21H,3,5-7,9-11,13-15H2;2*1H. The van der Waals surface area contributed by atoms with E-state index in [4.69, 9.17) is 4.74 Å². The molecule has 29 heavy (non-hydrogen) atoms. The number of fused-ring (bicyclic) bond motifs is 1. The Morgan fingerprint density at radius 1 is 1.31 bits per heavy atom. The lowest BCUT2D eigenvalue weighted by molar-refractivity contribution is -0.133. The lowest BCUT2D eigenvalue weighted by atomic mass is 10.1. The number of carbonyl (C=O) groups is 1. The van der Waals surface area contributed by atoms with Gasteiger partial charge in [0.15, 0.2) is 0 Å². The Hall–Kier alpha value is -1.67. The van der Waals surface area contributed by atoms with Gasteiger partial charge in [-0.3, -0.25) is 14.5 Å². The van der Waals surface area contributed by atoms with Crippen molar-refractivity contribution in [1.29, 1.82) is 0 Å². The van der Waals surface area contributed by atoms with Gasteiger partial charge < -0.3 is 15.0 Å². The number of carbonyl (C=O) groups excluding carboxylic acids is 1. The third-order valence-corrected chi connectivity index (χ3v) is 5.20. The summed E-state index contributed by atoms with van der Waals surface area (Å²) in [6, 6.07) is 7.93. The highest BCUT2D eigenvalue weighted by atomic mass is 35.5. The van der Waals surface area contributed by atoms with Crippen LogP contribution in [0.15, 0.2) is 30.5 Å². The van der Waals surface area contributed by atoms with Crippen molar-refractivity contribution < 1.29 is 9.53 Å². The first-order valence-electron chi connectivity index (χ1n) is 9.83. The van der Waals surface area contributed by atoms with Gasteiger partial charge in [-0.1, -0.05) is 6.07 Å². The van der Waals surface area contributed by atoms with E-state index in [9.17, 15) is 4.79 Å². The Morgan fingerprint density at radius 2 is 2.21 bits per heavy atom. The molecule has 2 aromatic rings. The van der Waals surface area contributed by atoms with Gasteiger partial charge in [-0.2, -0.15) is 5.10 Å². The van der Waals surface area contributed by atoms with Gasteiger partial charge >= 0.3 is 0 Å². The highest BCUT2D eigenvalue weighted by molar-refractivity contribution is 5.85. The van der Waals surface area contributed by atoms with Gasteiger partial charge in [0.25, 0.3) is 0 Å². The summed E-state index contributed by atoms with van der Waals surface area (Å²) in [5.41, 5.74) is 3.11. The van der Waals surface area contributed by atoms with Crippen LogP contribution in [0.1, 0.15) is 36.3 Å². The largest absolute Gasteiger partial charge is 0.376 e. The molecule has 1 N–H and O–H groups in total. The molecule has 2 aromatic heterocycles. The molecule has 0 bridgehead atoms. The van der Waals surface area contributed by atoms with Crippen LogP contribution in [0.2, 0.25) is 0 Å². The van der Waals surface area contributed by atoms with Crippen LogP contribution in [0.3, 0.4) is 0 Å². The molecule has 0 aliphatic carbocycles. The summed E-state index contributed by atoms with van der Waals surface area (Å²) < 4.78 is 7.80. The molecule has 1 saturated heterocycles. The average molecular weight is 442 g/mol. The fourth-order valence-electron chi connectivity index (χ4n) is 3.74. The third kappa shape index (κ3) is 6.40. The van der Waals surface area contributed by atoms with Crippen molar-refractivity contribution in [2.75, 3.05) is 19.7 Å². The topological polar surface area (TPSA) is 72.3 Å². The SMILES string of the molecule is Cl.Cl.O=C(CCc1cc2n(n1)CCNC2)N(Cc1ccccn1)CC1CCCO1. The Bertz CT molecular complexity index is 742. The van der Waals surface area contributed by atoms with Gasteiger partial charge in [0.1, 0.15) is 0 Å². The van der Waals surface area contributed by atoms with Crippen LogP contribution < -0.4 is 5.32 Å². The second-order valence-electron chi connectivity index (χ2n) is 7.26. The summed E-state index contributed by atoms with van der Waals surface area (Å²) >= 11 is 0. The molecule has 160 valence electrons. The van der Waals surface area contributed by atoms with E-state index in [0.29, 0.717) is 25.9 Å². The number of hydrogen-bond acceptors (Lipinski definition) is 5. The van der Waals surface area contributed by atoms with Crippen LogP contribution in [-0.4, -0.2) is 51.4 Å². The van der Waals surface area contributed by atoms with Crippen LogP contribution in [-0.2, 0) is 35.6 Å². The van der Waals surface area contributed by atoms with E-state index in [-0.39, 0.29) is 36.8 Å². The van der Waals surface area contributed by atoms with Gasteiger partial charge in [-0.05, 0) is 31.0 Å². The Morgan fingerprint density at radius 3 is 2.93 bits per heavy atom. The normalized spacial score (nSPS) is 17.7. The quantitative estimate of drug-likeness (QED) is 0.713. The van der Waals surface area contributed by atoms with E-state index in [1.54, 1.807) is 6.20 Å². The van der Waals surface area contributed by atoms with Crippen molar-refractivity contribution in [3.63, 3.8) is 0 Å². The van der Waals surface area contributed by atoms with E-state index in [2.05, 4.69) is 21.5 Å². The molecule has 0 aromatic carbocycles. The van der Waals surface area contributed by atoms with Gasteiger partial charge in [0, 0.05) is 45.3 Å². The second kappa shape index (κ2) is 11.5. The van der Waals surface area contributed by atoms with Gasteiger partial charge in [-0.25, -0.2) is 0 Å². The zero-order valence-corrected chi connectivity index (χ0v) is 18.1. The molecule has 0 radical (unpaired) electrons.